The first-order chi connectivity index (χ1) is 13.5. The lowest BCUT2D eigenvalue weighted by atomic mass is 10.1. The largest absolute Gasteiger partial charge is 0.365 e. The molecule has 0 unspecified atom stereocenters. The van der Waals surface area contributed by atoms with Crippen LogP contribution in [-0.2, 0) is 24.4 Å². The predicted molar refractivity (Wildman–Crippen MR) is 91.5 cm³/mol. The van der Waals surface area contributed by atoms with Crippen LogP contribution in [0.5, 0.6) is 0 Å². The highest BCUT2D eigenvalue weighted by Gasteiger charge is 2.27. The van der Waals surface area contributed by atoms with Crippen LogP contribution in [0.1, 0.15) is 33.4 Å². The number of amides is 1. The van der Waals surface area contributed by atoms with Crippen molar-refractivity contribution < 1.29 is 22.7 Å². The van der Waals surface area contributed by atoms with Gasteiger partial charge >= 0.3 is 0 Å². The van der Waals surface area contributed by atoms with Crippen LogP contribution in [0.4, 0.5) is 13.2 Å². The molecule has 4 rings (SSSR count). The Bertz CT molecular complexity index is 1000. The van der Waals surface area contributed by atoms with Crippen LogP contribution >= 0.6 is 0 Å². The number of ether oxygens (including phenoxy) is 1. The molecule has 1 aromatic heterocycles. The van der Waals surface area contributed by atoms with Gasteiger partial charge in [0.2, 0.25) is 0 Å². The number of hydrogen-bond acceptors (Lipinski definition) is 4. The number of nitrogens with zero attached hydrogens (tertiary/aromatic N) is 3. The zero-order valence-corrected chi connectivity index (χ0v) is 14.5. The Kier molecular flexibility index (Phi) is 4.82. The van der Waals surface area contributed by atoms with Gasteiger partial charge in [0.1, 0.15) is 23.6 Å². The topological polar surface area (TPSA) is 69.0 Å². The van der Waals surface area contributed by atoms with E-state index in [1.807, 2.05) is 0 Å². The van der Waals surface area contributed by atoms with Crippen molar-refractivity contribution in [2.75, 3.05) is 0 Å². The average Bonchev–Trinajstić information content (AvgIpc) is 3.09. The summed E-state index contributed by atoms with van der Waals surface area (Å²) in [5, 5.41) is 10.5. The second-order valence-electron chi connectivity index (χ2n) is 6.38. The Morgan fingerprint density at radius 1 is 1.11 bits per heavy atom. The molecule has 1 aliphatic heterocycles. The molecule has 1 amide bonds. The van der Waals surface area contributed by atoms with Gasteiger partial charge in [0, 0.05) is 12.6 Å². The molecule has 144 valence electrons. The molecule has 0 saturated carbocycles. The SMILES string of the molecule is O=C(NCc1cc(F)cc(F)c1)c1nnn2c1CO[C@H](c1ccc(F)cc1)C2. The molecule has 0 aliphatic carbocycles. The molecule has 2 aromatic carbocycles. The number of carbonyl (C=O) groups is 1. The normalized spacial score (nSPS) is 15.9. The predicted octanol–water partition coefficient (Wildman–Crippen LogP) is 2.90. The third-order valence-electron chi connectivity index (χ3n) is 4.43. The molecule has 3 aromatic rings. The van der Waals surface area contributed by atoms with Crippen molar-refractivity contribution in [2.24, 2.45) is 0 Å². The second kappa shape index (κ2) is 7.43. The Balaban J connectivity index is 1.45. The van der Waals surface area contributed by atoms with Gasteiger partial charge in [-0.3, -0.25) is 4.79 Å². The van der Waals surface area contributed by atoms with E-state index in [0.717, 1.165) is 23.8 Å². The maximum Gasteiger partial charge on any atom is 0.274 e. The molecule has 0 bridgehead atoms. The molecule has 0 fully saturated rings. The minimum Gasteiger partial charge on any atom is -0.365 e. The summed E-state index contributed by atoms with van der Waals surface area (Å²) in [5.74, 6) is -2.29. The number of halogens is 3. The van der Waals surface area contributed by atoms with Crippen molar-refractivity contribution in [2.45, 2.75) is 25.8 Å². The molecule has 28 heavy (non-hydrogen) atoms. The molecule has 2 heterocycles. The van der Waals surface area contributed by atoms with Crippen LogP contribution in [0.25, 0.3) is 0 Å². The standard InChI is InChI=1S/C19H15F3N4O2/c20-13-3-1-12(2-4-13)17-9-26-16(10-28-17)18(24-25-26)19(27)23-8-11-5-14(21)7-15(22)6-11/h1-7,17H,8-10H2,(H,23,27)/t17-/m0/s1. The third-order valence-corrected chi connectivity index (χ3v) is 4.43. The van der Waals surface area contributed by atoms with Gasteiger partial charge in [-0.2, -0.15) is 0 Å². The van der Waals surface area contributed by atoms with E-state index in [4.69, 9.17) is 4.74 Å². The highest BCUT2D eigenvalue weighted by Crippen LogP contribution is 2.27. The number of carbonyl (C=O) groups excluding carboxylic acids is 1. The first-order valence-corrected chi connectivity index (χ1v) is 8.52. The molecule has 0 radical (unpaired) electrons. The fourth-order valence-electron chi connectivity index (χ4n) is 3.05. The van der Waals surface area contributed by atoms with Crippen molar-refractivity contribution in [1.29, 1.82) is 0 Å². The molecule has 9 heteroatoms. The summed E-state index contributed by atoms with van der Waals surface area (Å²) in [6.07, 6.45) is -0.332. The van der Waals surface area contributed by atoms with E-state index in [1.54, 1.807) is 16.8 Å². The zero-order valence-electron chi connectivity index (χ0n) is 14.5. The summed E-state index contributed by atoms with van der Waals surface area (Å²) in [6, 6.07) is 9.01. The molecular weight excluding hydrogens is 373 g/mol. The van der Waals surface area contributed by atoms with Crippen molar-refractivity contribution >= 4 is 5.91 Å². The highest BCUT2D eigenvalue weighted by molar-refractivity contribution is 5.93. The summed E-state index contributed by atoms with van der Waals surface area (Å²) in [6.45, 7) is 0.377. The van der Waals surface area contributed by atoms with E-state index < -0.39 is 17.5 Å². The molecular formula is C19H15F3N4O2. The van der Waals surface area contributed by atoms with Gasteiger partial charge in [-0.1, -0.05) is 17.3 Å². The summed E-state index contributed by atoms with van der Waals surface area (Å²) < 4.78 is 46.9. The van der Waals surface area contributed by atoms with Gasteiger partial charge in [-0.25, -0.2) is 17.9 Å². The van der Waals surface area contributed by atoms with Crippen molar-refractivity contribution in [3.8, 4) is 0 Å². The number of aromatic nitrogens is 3. The molecule has 0 saturated heterocycles. The summed E-state index contributed by atoms with van der Waals surface area (Å²) >= 11 is 0. The van der Waals surface area contributed by atoms with E-state index in [-0.39, 0.29) is 30.8 Å². The lowest BCUT2D eigenvalue weighted by Crippen LogP contribution is -2.27. The van der Waals surface area contributed by atoms with Crippen LogP contribution in [0, 0.1) is 17.5 Å². The molecule has 1 N–H and O–H groups in total. The number of hydrogen-bond donors (Lipinski definition) is 1. The van der Waals surface area contributed by atoms with Crippen LogP contribution < -0.4 is 5.32 Å². The van der Waals surface area contributed by atoms with Gasteiger partial charge in [0.15, 0.2) is 5.69 Å². The van der Waals surface area contributed by atoms with Gasteiger partial charge in [0.25, 0.3) is 5.91 Å². The van der Waals surface area contributed by atoms with E-state index in [9.17, 15) is 18.0 Å². The van der Waals surface area contributed by atoms with Gasteiger partial charge < -0.3 is 10.1 Å². The Labute approximate surface area is 157 Å². The second-order valence-corrected chi connectivity index (χ2v) is 6.38. The van der Waals surface area contributed by atoms with E-state index in [1.165, 1.54) is 12.1 Å². The highest BCUT2D eigenvalue weighted by atomic mass is 19.1. The molecule has 1 atom stereocenters. The van der Waals surface area contributed by atoms with Gasteiger partial charge in [-0.15, -0.1) is 5.10 Å². The van der Waals surface area contributed by atoms with E-state index in [0.29, 0.717) is 17.8 Å². The fraction of sp³-hybridized carbons (Fsp3) is 0.211. The first kappa shape index (κ1) is 18.2. The summed E-state index contributed by atoms with van der Waals surface area (Å²) in [4.78, 5) is 12.4. The monoisotopic (exact) mass is 388 g/mol. The summed E-state index contributed by atoms with van der Waals surface area (Å²) in [7, 11) is 0. The van der Waals surface area contributed by atoms with Crippen LogP contribution in [0.15, 0.2) is 42.5 Å². The minimum absolute atomic E-state index is 0.0567. The average molecular weight is 388 g/mol. The molecule has 6 nitrogen and oxygen atoms in total. The number of fused-ring (bicyclic) bond motifs is 1. The lowest BCUT2D eigenvalue weighted by Gasteiger charge is -2.24. The number of nitrogens with one attached hydrogen (secondary N) is 1. The zero-order chi connectivity index (χ0) is 19.7. The van der Waals surface area contributed by atoms with Gasteiger partial charge in [-0.05, 0) is 35.4 Å². The molecule has 0 spiro atoms. The van der Waals surface area contributed by atoms with E-state index in [2.05, 4.69) is 15.6 Å². The first-order valence-electron chi connectivity index (χ1n) is 8.52. The van der Waals surface area contributed by atoms with E-state index >= 15 is 0 Å². The van der Waals surface area contributed by atoms with Crippen LogP contribution in [-0.4, -0.2) is 20.9 Å². The van der Waals surface area contributed by atoms with Crippen molar-refractivity contribution in [1.82, 2.24) is 20.3 Å². The smallest absolute Gasteiger partial charge is 0.274 e. The fourth-order valence-corrected chi connectivity index (χ4v) is 3.05. The maximum absolute atomic E-state index is 13.2. The lowest BCUT2D eigenvalue weighted by molar-refractivity contribution is -0.00180. The maximum atomic E-state index is 13.2. The number of benzene rings is 2. The Morgan fingerprint density at radius 2 is 1.82 bits per heavy atom. The van der Waals surface area contributed by atoms with Crippen LogP contribution in [0.2, 0.25) is 0 Å². The van der Waals surface area contributed by atoms with Crippen LogP contribution in [0.3, 0.4) is 0 Å². The summed E-state index contributed by atoms with van der Waals surface area (Å²) in [5.41, 5.74) is 1.68. The Morgan fingerprint density at radius 3 is 2.54 bits per heavy atom. The third kappa shape index (κ3) is 3.74. The molecule has 1 aliphatic rings. The van der Waals surface area contributed by atoms with Crippen molar-refractivity contribution in [3.05, 3.63) is 82.4 Å². The van der Waals surface area contributed by atoms with Crippen molar-refractivity contribution in [3.63, 3.8) is 0 Å². The quantitative estimate of drug-likeness (QED) is 0.746. The Hall–Kier alpha value is -3.20. The number of rotatable bonds is 4. The van der Waals surface area contributed by atoms with Gasteiger partial charge in [0.05, 0.1) is 18.8 Å². The minimum atomic E-state index is -0.717.